The molecule has 1 rings (SSSR count). The van der Waals surface area contributed by atoms with Crippen LogP contribution in [-0.2, 0) is 23.5 Å². The van der Waals surface area contributed by atoms with Crippen LogP contribution < -0.4 is 0 Å². The van der Waals surface area contributed by atoms with Gasteiger partial charge in [0.05, 0.1) is 0 Å². The van der Waals surface area contributed by atoms with Crippen molar-refractivity contribution < 1.29 is 17.1 Å². The molecule has 0 aliphatic carbocycles. The maximum atomic E-state index is 6.70. The third kappa shape index (κ3) is 3.88. The second-order valence-electron chi connectivity index (χ2n) is 2.16. The minimum absolute atomic E-state index is 0. The molecule has 0 aliphatic rings. The Labute approximate surface area is 78.5 Å². The summed E-state index contributed by atoms with van der Waals surface area (Å²) in [6, 6.07) is 10.2. The van der Waals surface area contributed by atoms with E-state index in [4.69, 9.17) is 6.42 Å². The molecule has 1 heteroatoms. The van der Waals surface area contributed by atoms with Gasteiger partial charge in [-0.15, -0.1) is 0 Å². The van der Waals surface area contributed by atoms with Gasteiger partial charge in [-0.3, -0.25) is 0 Å². The average molecular weight is 193 g/mol. The van der Waals surface area contributed by atoms with Crippen molar-refractivity contribution in [3.8, 4) is 5.92 Å². The molecule has 0 saturated carbocycles. The molecule has 0 bridgehead atoms. The van der Waals surface area contributed by atoms with Gasteiger partial charge < -0.3 is 12.3 Å². The molecular formula is C10H9Cu. The van der Waals surface area contributed by atoms with Crippen LogP contribution >= 0.6 is 0 Å². The molecule has 0 saturated heterocycles. The van der Waals surface area contributed by atoms with Gasteiger partial charge >= 0.3 is 17.1 Å². The van der Waals surface area contributed by atoms with Crippen LogP contribution in [0.25, 0.3) is 0 Å². The minimum Gasteiger partial charge on any atom is -0.694 e. The molecule has 0 N–H and O–H groups in total. The molecule has 0 nitrogen and oxygen atoms in total. The molecule has 11 heavy (non-hydrogen) atoms. The second-order valence-corrected chi connectivity index (χ2v) is 2.16. The minimum atomic E-state index is 0. The van der Waals surface area contributed by atoms with Crippen molar-refractivity contribution in [1.29, 1.82) is 0 Å². The van der Waals surface area contributed by atoms with E-state index < -0.39 is 0 Å². The van der Waals surface area contributed by atoms with Crippen molar-refractivity contribution in [2.45, 2.75) is 12.8 Å². The van der Waals surface area contributed by atoms with Gasteiger partial charge in [0.25, 0.3) is 0 Å². The first kappa shape index (κ1) is 10.3. The SMILES string of the molecule is [C-]#CCCc1ccccc1.[Cu+]. The predicted molar refractivity (Wildman–Crippen MR) is 41.9 cm³/mol. The van der Waals surface area contributed by atoms with Gasteiger partial charge in [0, 0.05) is 0 Å². The topological polar surface area (TPSA) is 0 Å². The zero-order valence-corrected chi connectivity index (χ0v) is 7.04. The largest absolute Gasteiger partial charge is 1.00 e. The van der Waals surface area contributed by atoms with Crippen LogP contribution in [0.5, 0.6) is 0 Å². The third-order valence-corrected chi connectivity index (χ3v) is 1.38. The number of hydrogen-bond acceptors (Lipinski definition) is 0. The summed E-state index contributed by atoms with van der Waals surface area (Å²) < 4.78 is 0. The fraction of sp³-hybridized carbons (Fsp3) is 0.200. The molecule has 0 unspecified atom stereocenters. The first-order valence-electron chi connectivity index (χ1n) is 3.37. The zero-order chi connectivity index (χ0) is 7.23. The normalized spacial score (nSPS) is 7.91. The van der Waals surface area contributed by atoms with E-state index in [1.807, 2.05) is 18.2 Å². The first-order valence-corrected chi connectivity index (χ1v) is 3.37. The molecule has 0 aliphatic heterocycles. The summed E-state index contributed by atoms with van der Waals surface area (Å²) in [5, 5.41) is 0. The fourth-order valence-electron chi connectivity index (χ4n) is 0.852. The van der Waals surface area contributed by atoms with Crippen molar-refractivity contribution in [3.05, 3.63) is 42.3 Å². The molecule has 0 fully saturated rings. The maximum Gasteiger partial charge on any atom is 1.00 e. The quantitative estimate of drug-likeness (QED) is 0.383. The monoisotopic (exact) mass is 192 g/mol. The summed E-state index contributed by atoms with van der Waals surface area (Å²) in [5.41, 5.74) is 1.28. The van der Waals surface area contributed by atoms with Crippen molar-refractivity contribution in [2.75, 3.05) is 0 Å². The Morgan fingerprint density at radius 3 is 2.36 bits per heavy atom. The van der Waals surface area contributed by atoms with E-state index in [-0.39, 0.29) is 17.1 Å². The van der Waals surface area contributed by atoms with Crippen molar-refractivity contribution in [3.63, 3.8) is 0 Å². The predicted octanol–water partition coefficient (Wildman–Crippen LogP) is 2.21. The van der Waals surface area contributed by atoms with Gasteiger partial charge in [0.2, 0.25) is 0 Å². The van der Waals surface area contributed by atoms with Crippen LogP contribution in [0.1, 0.15) is 12.0 Å². The first-order chi connectivity index (χ1) is 4.93. The van der Waals surface area contributed by atoms with Gasteiger partial charge in [-0.05, 0) is 18.4 Å². The van der Waals surface area contributed by atoms with Gasteiger partial charge in [-0.2, -0.15) is 0 Å². The van der Waals surface area contributed by atoms with E-state index in [9.17, 15) is 0 Å². The standard InChI is InChI=1S/C10H9.Cu/c1-2-3-7-10-8-5-4-6-9-10;/h4-6,8-9H,3,7H2;/q-1;+1. The van der Waals surface area contributed by atoms with Crippen LogP contribution in [0, 0.1) is 12.3 Å². The van der Waals surface area contributed by atoms with E-state index in [2.05, 4.69) is 18.1 Å². The molecule has 0 radical (unpaired) electrons. The molecule has 1 aromatic rings. The van der Waals surface area contributed by atoms with Gasteiger partial charge in [0.1, 0.15) is 0 Å². The number of hydrogen-bond donors (Lipinski definition) is 0. The summed E-state index contributed by atoms with van der Waals surface area (Å²) in [4.78, 5) is 0. The smallest absolute Gasteiger partial charge is 0.694 e. The van der Waals surface area contributed by atoms with Crippen LogP contribution in [0.4, 0.5) is 0 Å². The molecule has 0 heterocycles. The molecular weight excluding hydrogens is 184 g/mol. The summed E-state index contributed by atoms with van der Waals surface area (Å²) in [5.74, 6) is 2.37. The Kier molecular flexibility index (Phi) is 5.65. The maximum absolute atomic E-state index is 6.70. The summed E-state index contributed by atoms with van der Waals surface area (Å²) >= 11 is 0. The Morgan fingerprint density at radius 2 is 1.82 bits per heavy atom. The van der Waals surface area contributed by atoms with Crippen molar-refractivity contribution in [2.24, 2.45) is 0 Å². The molecule has 0 atom stereocenters. The van der Waals surface area contributed by atoms with Crippen LogP contribution in [-0.4, -0.2) is 0 Å². The molecule has 60 valence electrons. The molecule has 0 aromatic heterocycles. The van der Waals surface area contributed by atoms with E-state index in [0.29, 0.717) is 0 Å². The van der Waals surface area contributed by atoms with Gasteiger partial charge in [0.15, 0.2) is 0 Å². The van der Waals surface area contributed by atoms with Crippen LogP contribution in [0.15, 0.2) is 30.3 Å². The van der Waals surface area contributed by atoms with Crippen LogP contribution in [0.3, 0.4) is 0 Å². The second kappa shape index (κ2) is 6.04. The van der Waals surface area contributed by atoms with E-state index in [1.165, 1.54) is 5.56 Å². The summed E-state index contributed by atoms with van der Waals surface area (Å²) in [6.07, 6.45) is 8.36. The van der Waals surface area contributed by atoms with E-state index in [1.54, 1.807) is 0 Å². The molecule has 1 aromatic carbocycles. The zero-order valence-electron chi connectivity index (χ0n) is 6.10. The Balaban J connectivity index is 0.000001000. The summed E-state index contributed by atoms with van der Waals surface area (Å²) in [7, 11) is 0. The Morgan fingerprint density at radius 1 is 1.18 bits per heavy atom. The van der Waals surface area contributed by atoms with Crippen LogP contribution in [0.2, 0.25) is 0 Å². The van der Waals surface area contributed by atoms with E-state index >= 15 is 0 Å². The Bertz CT molecular complexity index is 220. The summed E-state index contributed by atoms with van der Waals surface area (Å²) in [6.45, 7) is 0. The number of aryl methyl sites for hydroxylation is 1. The molecule has 0 spiro atoms. The number of rotatable bonds is 2. The third-order valence-electron chi connectivity index (χ3n) is 1.38. The van der Waals surface area contributed by atoms with Crippen molar-refractivity contribution in [1.82, 2.24) is 0 Å². The van der Waals surface area contributed by atoms with E-state index in [0.717, 1.165) is 12.8 Å². The van der Waals surface area contributed by atoms with Crippen molar-refractivity contribution >= 4 is 0 Å². The number of benzene rings is 1. The van der Waals surface area contributed by atoms with Gasteiger partial charge in [-0.25, -0.2) is 0 Å². The molecule has 0 amide bonds. The average Bonchev–Trinajstić information content (AvgIpc) is 2.03. The van der Waals surface area contributed by atoms with Gasteiger partial charge in [-0.1, -0.05) is 30.3 Å². The Hall–Kier alpha value is -0.701. The fourth-order valence-corrected chi connectivity index (χ4v) is 0.852.